The number of amidine groups is 1. The summed E-state index contributed by atoms with van der Waals surface area (Å²) in [7, 11) is 1.73. The highest BCUT2D eigenvalue weighted by Crippen LogP contribution is 2.35. The van der Waals surface area contributed by atoms with Crippen LogP contribution in [0, 0.1) is 0 Å². The second kappa shape index (κ2) is 12.1. The van der Waals surface area contributed by atoms with Crippen molar-refractivity contribution in [3.05, 3.63) is 92.8 Å². The van der Waals surface area contributed by atoms with Crippen molar-refractivity contribution in [2.75, 3.05) is 38.3 Å². The van der Waals surface area contributed by atoms with Crippen molar-refractivity contribution in [2.24, 2.45) is 4.99 Å². The van der Waals surface area contributed by atoms with Gasteiger partial charge >= 0.3 is 5.97 Å². The predicted molar refractivity (Wildman–Crippen MR) is 157 cm³/mol. The molecule has 0 spiro atoms. The maximum Gasteiger partial charge on any atom is 0.335 e. The minimum absolute atomic E-state index is 0.107. The highest BCUT2D eigenvalue weighted by Gasteiger charge is 2.30. The summed E-state index contributed by atoms with van der Waals surface area (Å²) >= 11 is 4.89. The van der Waals surface area contributed by atoms with E-state index in [1.54, 1.807) is 36.2 Å². The Balaban J connectivity index is 1.24. The predicted octanol–water partition coefficient (Wildman–Crippen LogP) is 5.80. The van der Waals surface area contributed by atoms with Crippen LogP contribution < -0.4 is 9.64 Å². The van der Waals surface area contributed by atoms with Gasteiger partial charge in [-0.25, -0.2) is 9.79 Å². The van der Waals surface area contributed by atoms with E-state index in [4.69, 9.17) is 19.6 Å². The van der Waals surface area contributed by atoms with Gasteiger partial charge in [0, 0.05) is 25.8 Å². The summed E-state index contributed by atoms with van der Waals surface area (Å²) in [5.41, 5.74) is 3.87. The lowest BCUT2D eigenvalue weighted by atomic mass is 10.1. The minimum atomic E-state index is -0.962. The Hall–Kier alpha value is -3.60. The summed E-state index contributed by atoms with van der Waals surface area (Å²) in [6, 6.07) is 20.2. The summed E-state index contributed by atoms with van der Waals surface area (Å²) in [4.78, 5) is 33.1. The Morgan fingerprint density at radius 2 is 1.82 bits per heavy atom. The molecule has 0 unspecified atom stereocenters. The molecule has 0 aliphatic carbocycles. The summed E-state index contributed by atoms with van der Waals surface area (Å²) in [6.07, 6.45) is 1.84. The number of thioether (sulfide) groups is 1. The number of morpholine rings is 1. The van der Waals surface area contributed by atoms with E-state index in [1.165, 1.54) is 11.8 Å². The van der Waals surface area contributed by atoms with E-state index in [2.05, 4.69) is 33.0 Å². The van der Waals surface area contributed by atoms with Gasteiger partial charge in [-0.15, -0.1) is 0 Å². The molecule has 2 saturated heterocycles. The van der Waals surface area contributed by atoms with Crippen LogP contribution in [0.25, 0.3) is 6.08 Å². The number of carboxylic acids is 1. The van der Waals surface area contributed by atoms with E-state index in [-0.39, 0.29) is 11.5 Å². The minimum Gasteiger partial charge on any atom is -0.488 e. The fraction of sp³-hybridized carbons (Fsp3) is 0.207. The monoisotopic (exact) mass is 607 g/mol. The molecule has 200 valence electrons. The Labute approximate surface area is 239 Å². The second-order valence-corrected chi connectivity index (χ2v) is 10.8. The van der Waals surface area contributed by atoms with Gasteiger partial charge in [-0.05, 0) is 93.4 Å². The van der Waals surface area contributed by atoms with E-state index < -0.39 is 5.97 Å². The van der Waals surface area contributed by atoms with E-state index in [1.807, 2.05) is 36.4 Å². The third kappa shape index (κ3) is 6.52. The molecule has 2 fully saturated rings. The number of halogens is 1. The van der Waals surface area contributed by atoms with Crippen LogP contribution in [0.1, 0.15) is 21.5 Å². The number of rotatable bonds is 7. The quantitative estimate of drug-likeness (QED) is 0.339. The van der Waals surface area contributed by atoms with Crippen molar-refractivity contribution in [1.82, 2.24) is 4.90 Å². The zero-order valence-corrected chi connectivity index (χ0v) is 23.6. The molecule has 1 amide bonds. The number of anilines is 1. The van der Waals surface area contributed by atoms with Gasteiger partial charge in [0.15, 0.2) is 5.17 Å². The van der Waals surface area contributed by atoms with Crippen LogP contribution in [-0.4, -0.2) is 60.4 Å². The first-order valence-corrected chi connectivity index (χ1v) is 13.9. The van der Waals surface area contributed by atoms with E-state index in [9.17, 15) is 9.59 Å². The molecule has 0 saturated carbocycles. The molecule has 0 bridgehead atoms. The van der Waals surface area contributed by atoms with Crippen molar-refractivity contribution in [3.8, 4) is 5.75 Å². The molecule has 5 rings (SSSR count). The number of aromatic carboxylic acids is 1. The summed E-state index contributed by atoms with van der Waals surface area (Å²) in [6.45, 7) is 3.52. The smallest absolute Gasteiger partial charge is 0.335 e. The maximum atomic E-state index is 12.9. The van der Waals surface area contributed by atoms with E-state index >= 15 is 0 Å². The molecule has 2 aliphatic heterocycles. The molecule has 2 aliphatic rings. The van der Waals surface area contributed by atoms with Crippen LogP contribution in [-0.2, 0) is 16.1 Å². The zero-order valence-electron chi connectivity index (χ0n) is 21.2. The molecule has 3 aromatic carbocycles. The number of likely N-dealkylation sites (N-methyl/N-ethyl adjacent to an activating group) is 1. The lowest BCUT2D eigenvalue weighted by molar-refractivity contribution is -0.121. The van der Waals surface area contributed by atoms with Crippen LogP contribution in [0.15, 0.2) is 81.1 Å². The Morgan fingerprint density at radius 3 is 2.49 bits per heavy atom. The first-order valence-electron chi connectivity index (χ1n) is 12.3. The fourth-order valence-electron chi connectivity index (χ4n) is 4.10. The molecule has 2 heterocycles. The highest BCUT2D eigenvalue weighted by molar-refractivity contribution is 9.10. The van der Waals surface area contributed by atoms with Gasteiger partial charge in [0.1, 0.15) is 12.4 Å². The molecule has 1 N–H and O–H groups in total. The van der Waals surface area contributed by atoms with Gasteiger partial charge in [-0.1, -0.05) is 18.2 Å². The number of carbonyl (C=O) groups is 2. The summed E-state index contributed by atoms with van der Waals surface area (Å²) in [5, 5.41) is 9.65. The number of hydrogen-bond donors (Lipinski definition) is 1. The molecule has 8 nitrogen and oxygen atoms in total. The van der Waals surface area contributed by atoms with Crippen LogP contribution in [0.3, 0.4) is 0 Å². The molecule has 0 aromatic heterocycles. The van der Waals surface area contributed by atoms with E-state index in [0.717, 1.165) is 53.3 Å². The van der Waals surface area contributed by atoms with Gasteiger partial charge in [-0.2, -0.15) is 0 Å². The van der Waals surface area contributed by atoms with Crippen molar-refractivity contribution in [2.45, 2.75) is 6.61 Å². The van der Waals surface area contributed by atoms with Crippen molar-refractivity contribution in [1.29, 1.82) is 0 Å². The number of benzene rings is 3. The Kier molecular flexibility index (Phi) is 8.35. The van der Waals surface area contributed by atoms with Crippen LogP contribution in [0.2, 0.25) is 0 Å². The molecular weight excluding hydrogens is 582 g/mol. The first kappa shape index (κ1) is 27.0. The third-order valence-corrected chi connectivity index (χ3v) is 7.98. The second-order valence-electron chi connectivity index (χ2n) is 8.97. The standard InChI is InChI=1S/C29H26BrN3O5S/c1-32-27(34)26(39-29(32)31-22-7-9-23(10-8-22)33-12-14-37-15-13-33)17-20-4-11-25(24(30)16-20)38-18-19-2-5-21(6-3-19)28(35)36/h2-11,16-17H,12-15,18H2,1H3,(H,35,36)/b26-17-,31-29?. The Bertz CT molecular complexity index is 1430. The van der Waals surface area contributed by atoms with Crippen LogP contribution in [0.5, 0.6) is 5.75 Å². The maximum absolute atomic E-state index is 12.9. The number of nitrogens with zero attached hydrogens (tertiary/aromatic N) is 3. The molecule has 39 heavy (non-hydrogen) atoms. The fourth-order valence-corrected chi connectivity index (χ4v) is 5.60. The van der Waals surface area contributed by atoms with Crippen LogP contribution in [0.4, 0.5) is 11.4 Å². The first-order chi connectivity index (χ1) is 18.9. The number of amides is 1. The SMILES string of the molecule is CN1C(=O)/C(=C/c2ccc(OCc3ccc(C(=O)O)cc3)c(Br)c2)SC1=Nc1ccc(N2CCOCC2)cc1. The normalized spacial score (nSPS) is 17.7. The zero-order chi connectivity index (χ0) is 27.4. The van der Waals surface area contributed by atoms with Gasteiger partial charge in [0.2, 0.25) is 0 Å². The van der Waals surface area contributed by atoms with Gasteiger partial charge in [0.05, 0.1) is 33.8 Å². The summed E-state index contributed by atoms with van der Waals surface area (Å²) in [5.74, 6) is -0.425. The van der Waals surface area contributed by atoms with Crippen molar-refractivity contribution < 1.29 is 24.2 Å². The third-order valence-electron chi connectivity index (χ3n) is 6.30. The summed E-state index contributed by atoms with van der Waals surface area (Å²) < 4.78 is 12.1. The van der Waals surface area contributed by atoms with Gasteiger partial charge in [0.25, 0.3) is 5.91 Å². The molecule has 0 atom stereocenters. The number of hydrogen-bond acceptors (Lipinski definition) is 7. The van der Waals surface area contributed by atoms with Gasteiger partial charge < -0.3 is 19.5 Å². The number of ether oxygens (including phenoxy) is 2. The lowest BCUT2D eigenvalue weighted by Gasteiger charge is -2.28. The van der Waals surface area contributed by atoms with Gasteiger partial charge in [-0.3, -0.25) is 9.69 Å². The number of aliphatic imine (C=N–C) groups is 1. The van der Waals surface area contributed by atoms with Crippen molar-refractivity contribution in [3.63, 3.8) is 0 Å². The molecule has 0 radical (unpaired) electrons. The number of carbonyl (C=O) groups excluding carboxylic acids is 1. The average molecular weight is 609 g/mol. The topological polar surface area (TPSA) is 91.7 Å². The molecule has 3 aromatic rings. The molecule has 10 heteroatoms. The highest BCUT2D eigenvalue weighted by atomic mass is 79.9. The lowest BCUT2D eigenvalue weighted by Crippen LogP contribution is -2.36. The van der Waals surface area contributed by atoms with Crippen LogP contribution >= 0.6 is 27.7 Å². The van der Waals surface area contributed by atoms with E-state index in [0.29, 0.717) is 22.4 Å². The largest absolute Gasteiger partial charge is 0.488 e. The molecular formula is C29H26BrN3O5S. The average Bonchev–Trinajstić information content (AvgIpc) is 3.21. The number of carboxylic acid groups (broad SMARTS) is 1. The van der Waals surface area contributed by atoms with Crippen molar-refractivity contribution >= 4 is 62.2 Å². The Morgan fingerprint density at radius 1 is 1.10 bits per heavy atom.